The second-order valence-electron chi connectivity index (χ2n) is 13.8. The molecule has 1 aliphatic rings. The Balaban J connectivity index is 2.53. The Morgan fingerprint density at radius 3 is 2.17 bits per heavy atom. The number of aliphatic hydroxyl groups is 3. The lowest BCUT2D eigenvalue weighted by atomic mass is 9.89. The summed E-state index contributed by atoms with van der Waals surface area (Å²) in [5, 5.41) is 31.3. The molecule has 0 aromatic rings. The molecule has 1 saturated carbocycles. The Morgan fingerprint density at radius 1 is 0.827 bits per heavy atom. The summed E-state index contributed by atoms with van der Waals surface area (Å²) in [6.45, 7) is 3.20. The van der Waals surface area contributed by atoms with E-state index in [2.05, 4.69) is 26.0 Å². The van der Waals surface area contributed by atoms with Crippen molar-refractivity contribution in [1.29, 1.82) is 0 Å². The minimum atomic E-state index is -4.47. The summed E-state index contributed by atoms with van der Waals surface area (Å²) in [7, 11) is -4.47. The maximum absolute atomic E-state index is 12.7. The highest BCUT2D eigenvalue weighted by Crippen LogP contribution is 2.43. The zero-order chi connectivity index (χ0) is 38.5. The summed E-state index contributed by atoms with van der Waals surface area (Å²) in [6, 6.07) is 0. The van der Waals surface area contributed by atoms with Crippen LogP contribution in [-0.2, 0) is 32.7 Å². The van der Waals surface area contributed by atoms with Crippen molar-refractivity contribution in [3.05, 3.63) is 36.5 Å². The van der Waals surface area contributed by atoms with Crippen molar-refractivity contribution in [2.75, 3.05) is 26.4 Å². The minimum Gasteiger partial charge on any atom is -0.462 e. The van der Waals surface area contributed by atoms with Crippen molar-refractivity contribution < 1.29 is 52.9 Å². The fourth-order valence-corrected chi connectivity index (χ4v) is 6.84. The van der Waals surface area contributed by atoms with E-state index in [-0.39, 0.29) is 50.9 Å². The van der Waals surface area contributed by atoms with Gasteiger partial charge in [0.1, 0.15) is 6.61 Å². The molecule has 12 nitrogen and oxygen atoms in total. The monoisotopic (exact) mass is 759 g/mol. The van der Waals surface area contributed by atoms with Crippen LogP contribution in [0.3, 0.4) is 0 Å². The molecule has 0 amide bonds. The zero-order valence-electron chi connectivity index (χ0n) is 31.9. The number of carbonyl (C=O) groups excluding carboxylic acids is 2. The number of phosphoric ester groups is 1. The molecule has 0 aromatic heterocycles. The third kappa shape index (κ3) is 24.4. The van der Waals surface area contributed by atoms with Crippen LogP contribution in [0.1, 0.15) is 136 Å². The first kappa shape index (κ1) is 48.1. The van der Waals surface area contributed by atoms with Crippen LogP contribution < -0.4 is 5.73 Å². The van der Waals surface area contributed by atoms with Gasteiger partial charge in [0.2, 0.25) is 0 Å². The molecule has 0 spiro atoms. The highest BCUT2D eigenvalue weighted by atomic mass is 31.2. The summed E-state index contributed by atoms with van der Waals surface area (Å²) < 4.78 is 32.6. The lowest BCUT2D eigenvalue weighted by molar-refractivity contribution is -0.160. The SMILES string of the molecule is CCCCCC/C=C\CCCCCCCC(=O)OC[C@H](COP(=O)(O)OCCN)OC(=O)C/C=C\C[C@H]1[C@@H](/C=C/[C@H](O)CCCCC)[C@H](O)C[C@@H]1O. The molecule has 0 aliphatic heterocycles. The van der Waals surface area contributed by atoms with E-state index in [0.717, 1.165) is 57.8 Å². The number of nitrogens with two attached hydrogens (primary N) is 1. The van der Waals surface area contributed by atoms with Gasteiger partial charge in [0, 0.05) is 25.3 Å². The predicted octanol–water partition coefficient (Wildman–Crippen LogP) is 6.98. The maximum Gasteiger partial charge on any atom is 0.472 e. The summed E-state index contributed by atoms with van der Waals surface area (Å²) in [5.41, 5.74) is 5.33. The van der Waals surface area contributed by atoms with Gasteiger partial charge >= 0.3 is 19.8 Å². The molecular formula is C39H70NO11P. The number of phosphoric acid groups is 1. The van der Waals surface area contributed by atoms with Gasteiger partial charge in [-0.15, -0.1) is 0 Å². The van der Waals surface area contributed by atoms with Crippen LogP contribution in [0.4, 0.5) is 0 Å². The molecule has 1 fully saturated rings. The van der Waals surface area contributed by atoms with E-state index < -0.39 is 50.8 Å². The molecule has 1 rings (SSSR count). The zero-order valence-corrected chi connectivity index (χ0v) is 32.8. The Hall–Kier alpha value is -1.89. The van der Waals surface area contributed by atoms with E-state index in [4.69, 9.17) is 24.3 Å². The first-order chi connectivity index (χ1) is 25.0. The molecule has 0 saturated heterocycles. The van der Waals surface area contributed by atoms with Crippen molar-refractivity contribution >= 4 is 19.8 Å². The third-order valence-corrected chi connectivity index (χ3v) is 10.1. The van der Waals surface area contributed by atoms with Crippen LogP contribution >= 0.6 is 7.82 Å². The Labute approximate surface area is 312 Å². The highest BCUT2D eigenvalue weighted by molar-refractivity contribution is 7.47. The molecule has 0 radical (unpaired) electrons. The second-order valence-corrected chi connectivity index (χ2v) is 15.2. The molecule has 0 aromatic carbocycles. The van der Waals surface area contributed by atoms with Crippen molar-refractivity contribution in [2.24, 2.45) is 17.6 Å². The quantitative estimate of drug-likeness (QED) is 0.0205. The van der Waals surface area contributed by atoms with Gasteiger partial charge in [-0.1, -0.05) is 108 Å². The van der Waals surface area contributed by atoms with Gasteiger partial charge in [0.05, 0.1) is 37.9 Å². The van der Waals surface area contributed by atoms with Gasteiger partial charge in [-0.3, -0.25) is 18.6 Å². The van der Waals surface area contributed by atoms with E-state index in [1.807, 2.05) is 0 Å². The number of unbranched alkanes of at least 4 members (excludes halogenated alkanes) is 11. The Bertz CT molecular complexity index is 1070. The van der Waals surface area contributed by atoms with Crippen LogP contribution in [0.2, 0.25) is 0 Å². The van der Waals surface area contributed by atoms with Gasteiger partial charge in [-0.05, 0) is 50.9 Å². The van der Waals surface area contributed by atoms with E-state index in [0.29, 0.717) is 19.3 Å². The van der Waals surface area contributed by atoms with Crippen molar-refractivity contribution in [1.82, 2.24) is 0 Å². The van der Waals surface area contributed by atoms with Crippen LogP contribution in [0.25, 0.3) is 0 Å². The number of ether oxygens (including phenoxy) is 2. The number of esters is 2. The van der Waals surface area contributed by atoms with E-state index in [1.54, 1.807) is 24.3 Å². The highest BCUT2D eigenvalue weighted by Gasteiger charge is 2.39. The van der Waals surface area contributed by atoms with Crippen LogP contribution in [0.5, 0.6) is 0 Å². The molecular weight excluding hydrogens is 689 g/mol. The number of rotatable bonds is 32. The number of hydrogen-bond donors (Lipinski definition) is 5. The van der Waals surface area contributed by atoms with Gasteiger partial charge in [0.25, 0.3) is 0 Å². The largest absolute Gasteiger partial charge is 0.472 e. The van der Waals surface area contributed by atoms with E-state index in [9.17, 15) is 34.4 Å². The minimum absolute atomic E-state index is 0.00138. The maximum atomic E-state index is 12.7. The Kier molecular flexibility index (Phi) is 28.2. The van der Waals surface area contributed by atoms with Gasteiger partial charge < -0.3 is 35.4 Å². The van der Waals surface area contributed by atoms with Gasteiger partial charge in [-0.2, -0.15) is 0 Å². The normalized spacial score (nSPS) is 21.6. The number of aliphatic hydroxyl groups excluding tert-OH is 3. The van der Waals surface area contributed by atoms with Gasteiger partial charge in [-0.25, -0.2) is 4.57 Å². The summed E-state index contributed by atoms with van der Waals surface area (Å²) in [4.78, 5) is 35.0. The number of carbonyl (C=O) groups is 2. The van der Waals surface area contributed by atoms with E-state index >= 15 is 0 Å². The van der Waals surface area contributed by atoms with Crippen molar-refractivity contribution in [2.45, 2.75) is 160 Å². The summed E-state index contributed by atoms with van der Waals surface area (Å²) in [6.07, 6.45) is 24.5. The van der Waals surface area contributed by atoms with Crippen LogP contribution in [0.15, 0.2) is 36.5 Å². The van der Waals surface area contributed by atoms with Crippen LogP contribution in [-0.4, -0.2) is 82.9 Å². The molecule has 1 aliphatic carbocycles. The topological polar surface area (TPSA) is 195 Å². The fourth-order valence-electron chi connectivity index (χ4n) is 6.07. The van der Waals surface area contributed by atoms with Gasteiger partial charge in [0.15, 0.2) is 6.10 Å². The van der Waals surface area contributed by atoms with E-state index in [1.165, 1.54) is 25.7 Å². The smallest absolute Gasteiger partial charge is 0.462 e. The second kappa shape index (κ2) is 30.4. The first-order valence-electron chi connectivity index (χ1n) is 19.7. The lowest BCUT2D eigenvalue weighted by Gasteiger charge is -2.20. The molecule has 0 heterocycles. The lowest BCUT2D eigenvalue weighted by Crippen LogP contribution is -2.29. The summed E-state index contributed by atoms with van der Waals surface area (Å²) in [5.74, 6) is -1.77. The number of allylic oxidation sites excluding steroid dienone is 3. The molecule has 302 valence electrons. The average molecular weight is 760 g/mol. The van der Waals surface area contributed by atoms with Crippen molar-refractivity contribution in [3.8, 4) is 0 Å². The Morgan fingerprint density at radius 2 is 1.48 bits per heavy atom. The molecule has 13 heteroatoms. The summed E-state index contributed by atoms with van der Waals surface area (Å²) >= 11 is 0. The third-order valence-electron chi connectivity index (χ3n) is 9.10. The first-order valence-corrected chi connectivity index (χ1v) is 21.2. The fraction of sp³-hybridized carbons (Fsp3) is 0.795. The molecule has 7 atom stereocenters. The standard InChI is InChI=1S/C39H70NO11P/c1-3-5-7-8-9-10-11-12-13-14-15-16-18-23-38(44)48-30-33(31-50-52(46,47)49-28-27-40)51-39(45)24-20-19-22-34-35(37(43)29-36(34)42)26-25-32(41)21-17-6-4-2/h10-11,19-20,25-26,32-37,41-43H,3-9,12-18,21-24,27-31,40H2,1-2H3,(H,46,47)/b11-10-,20-19-,26-25+/t32-,33-,34+,35-,36+,37-/m1/s1. The molecule has 0 bridgehead atoms. The molecule has 1 unspecified atom stereocenters. The predicted molar refractivity (Wildman–Crippen MR) is 203 cm³/mol. The number of hydrogen-bond acceptors (Lipinski definition) is 11. The average Bonchev–Trinajstić information content (AvgIpc) is 3.38. The molecule has 6 N–H and O–H groups in total. The van der Waals surface area contributed by atoms with Crippen molar-refractivity contribution in [3.63, 3.8) is 0 Å². The molecule has 52 heavy (non-hydrogen) atoms. The van der Waals surface area contributed by atoms with Crippen LogP contribution in [0, 0.1) is 11.8 Å².